The van der Waals surface area contributed by atoms with Gasteiger partial charge in [0.05, 0.1) is 24.7 Å². The van der Waals surface area contributed by atoms with Crippen LogP contribution in [-0.4, -0.2) is 38.5 Å². The first-order valence-electron chi connectivity index (χ1n) is 8.84. The zero-order valence-corrected chi connectivity index (χ0v) is 17.3. The fraction of sp³-hybridized carbons (Fsp3) is 0.100. The first-order valence-corrected chi connectivity index (χ1v) is 10.2. The van der Waals surface area contributed by atoms with Crippen LogP contribution in [0.3, 0.4) is 0 Å². The standard InChI is InChI=1S/C20H16ClN5O3S/c1-29-15-7-5-13(6-8-15)23-17(27)11-30-20-24-18-16(19(28)25-20)10-22-26(18)14-4-2-3-12(21)9-14/h2-10H,11H2,1H3,(H,23,27)(H,24,25,28). The molecule has 0 aliphatic rings. The van der Waals surface area contributed by atoms with E-state index in [0.717, 1.165) is 11.8 Å². The molecule has 2 N–H and O–H groups in total. The Labute approximate surface area is 180 Å². The van der Waals surface area contributed by atoms with Crippen LogP contribution in [0.4, 0.5) is 5.69 Å². The van der Waals surface area contributed by atoms with Gasteiger partial charge in [-0.1, -0.05) is 29.4 Å². The van der Waals surface area contributed by atoms with E-state index < -0.39 is 0 Å². The molecule has 2 aromatic heterocycles. The summed E-state index contributed by atoms with van der Waals surface area (Å²) in [7, 11) is 1.58. The van der Waals surface area contributed by atoms with Crippen LogP contribution < -0.4 is 15.6 Å². The molecular formula is C20H16ClN5O3S. The number of aromatic amines is 1. The van der Waals surface area contributed by atoms with Gasteiger partial charge in [0, 0.05) is 10.7 Å². The first-order chi connectivity index (χ1) is 14.5. The van der Waals surface area contributed by atoms with E-state index in [4.69, 9.17) is 16.3 Å². The highest BCUT2D eigenvalue weighted by atomic mass is 35.5. The second kappa shape index (κ2) is 8.60. The second-order valence-corrected chi connectivity index (χ2v) is 7.61. The maximum Gasteiger partial charge on any atom is 0.262 e. The van der Waals surface area contributed by atoms with Crippen LogP contribution in [0.2, 0.25) is 5.02 Å². The van der Waals surface area contributed by atoms with E-state index in [9.17, 15) is 9.59 Å². The second-order valence-electron chi connectivity index (χ2n) is 6.21. The molecule has 0 spiro atoms. The van der Waals surface area contributed by atoms with E-state index in [-0.39, 0.29) is 17.2 Å². The van der Waals surface area contributed by atoms with E-state index in [1.807, 2.05) is 6.07 Å². The third kappa shape index (κ3) is 4.32. The molecule has 0 saturated heterocycles. The molecule has 0 fully saturated rings. The fourth-order valence-corrected chi connectivity index (χ4v) is 3.61. The maximum absolute atomic E-state index is 12.4. The van der Waals surface area contributed by atoms with Crippen molar-refractivity contribution in [3.05, 3.63) is 70.1 Å². The average molecular weight is 442 g/mol. The molecule has 2 aromatic carbocycles. The fourth-order valence-electron chi connectivity index (χ4n) is 2.77. The van der Waals surface area contributed by atoms with Gasteiger partial charge in [0.2, 0.25) is 5.91 Å². The summed E-state index contributed by atoms with van der Waals surface area (Å²) in [6.45, 7) is 0. The molecule has 1 amide bonds. The van der Waals surface area contributed by atoms with Gasteiger partial charge in [-0.25, -0.2) is 9.67 Å². The lowest BCUT2D eigenvalue weighted by Gasteiger charge is -2.07. The van der Waals surface area contributed by atoms with Gasteiger partial charge in [-0.05, 0) is 42.5 Å². The van der Waals surface area contributed by atoms with Crippen molar-refractivity contribution >= 4 is 46.0 Å². The van der Waals surface area contributed by atoms with Crippen LogP contribution >= 0.6 is 23.4 Å². The predicted octanol–water partition coefficient (Wildman–Crippen LogP) is 3.50. The molecule has 0 bridgehead atoms. The molecule has 0 aliphatic carbocycles. The van der Waals surface area contributed by atoms with E-state index in [1.54, 1.807) is 49.6 Å². The summed E-state index contributed by atoms with van der Waals surface area (Å²) in [6, 6.07) is 14.1. The van der Waals surface area contributed by atoms with E-state index in [1.165, 1.54) is 10.9 Å². The summed E-state index contributed by atoms with van der Waals surface area (Å²) < 4.78 is 6.63. The molecule has 0 atom stereocenters. The minimum absolute atomic E-state index is 0.0752. The maximum atomic E-state index is 12.4. The molecule has 2 heterocycles. The summed E-state index contributed by atoms with van der Waals surface area (Å²) in [4.78, 5) is 31.8. The van der Waals surface area contributed by atoms with Crippen molar-refractivity contribution < 1.29 is 9.53 Å². The van der Waals surface area contributed by atoms with Gasteiger partial charge >= 0.3 is 0 Å². The number of amides is 1. The quantitative estimate of drug-likeness (QED) is 0.350. The monoisotopic (exact) mass is 441 g/mol. The summed E-state index contributed by atoms with van der Waals surface area (Å²) in [5.41, 5.74) is 1.39. The molecule has 8 nitrogen and oxygen atoms in total. The number of thioether (sulfide) groups is 1. The third-order valence-corrected chi connectivity index (χ3v) is 5.29. The van der Waals surface area contributed by atoms with Crippen LogP contribution in [0.1, 0.15) is 0 Å². The minimum Gasteiger partial charge on any atom is -0.497 e. The van der Waals surface area contributed by atoms with Crippen LogP contribution in [-0.2, 0) is 4.79 Å². The predicted molar refractivity (Wildman–Crippen MR) is 117 cm³/mol. The smallest absolute Gasteiger partial charge is 0.262 e. The number of hydrogen-bond acceptors (Lipinski definition) is 6. The number of fused-ring (bicyclic) bond motifs is 1. The van der Waals surface area contributed by atoms with Crippen molar-refractivity contribution in [2.45, 2.75) is 5.16 Å². The van der Waals surface area contributed by atoms with Gasteiger partial charge in [0.1, 0.15) is 11.1 Å². The van der Waals surface area contributed by atoms with Crippen molar-refractivity contribution in [2.24, 2.45) is 0 Å². The number of rotatable bonds is 6. The Bertz CT molecular complexity index is 1270. The Kier molecular flexibility index (Phi) is 5.73. The van der Waals surface area contributed by atoms with Crippen LogP contribution in [0, 0.1) is 0 Å². The molecule has 0 unspecified atom stereocenters. The number of carbonyl (C=O) groups excluding carboxylic acids is 1. The lowest BCUT2D eigenvalue weighted by atomic mass is 10.3. The largest absolute Gasteiger partial charge is 0.497 e. The van der Waals surface area contributed by atoms with Gasteiger partial charge in [-0.2, -0.15) is 5.10 Å². The highest BCUT2D eigenvalue weighted by Crippen LogP contribution is 2.20. The van der Waals surface area contributed by atoms with Gasteiger partial charge in [0.25, 0.3) is 5.56 Å². The van der Waals surface area contributed by atoms with Gasteiger partial charge in [0.15, 0.2) is 10.8 Å². The number of aromatic nitrogens is 4. The molecule has 10 heteroatoms. The lowest BCUT2D eigenvalue weighted by molar-refractivity contribution is -0.113. The SMILES string of the molecule is COc1ccc(NC(=O)CSc2nc3c(cnn3-c3cccc(Cl)c3)c(=O)[nH]2)cc1. The number of nitrogens with zero attached hydrogens (tertiary/aromatic N) is 3. The highest BCUT2D eigenvalue weighted by Gasteiger charge is 2.13. The van der Waals surface area contributed by atoms with Crippen molar-refractivity contribution in [3.63, 3.8) is 0 Å². The molecule has 0 radical (unpaired) electrons. The number of methoxy groups -OCH3 is 1. The summed E-state index contributed by atoms with van der Waals surface area (Å²) in [6.07, 6.45) is 1.45. The van der Waals surface area contributed by atoms with Gasteiger partial charge in [-0.3, -0.25) is 9.59 Å². The highest BCUT2D eigenvalue weighted by molar-refractivity contribution is 7.99. The molecular weight excluding hydrogens is 426 g/mol. The number of carbonyl (C=O) groups is 1. The summed E-state index contributed by atoms with van der Waals surface area (Å²) in [5.74, 6) is 0.552. The molecule has 30 heavy (non-hydrogen) atoms. The van der Waals surface area contributed by atoms with E-state index in [2.05, 4.69) is 20.4 Å². The number of halogens is 1. The van der Waals surface area contributed by atoms with Crippen molar-refractivity contribution in [1.82, 2.24) is 19.7 Å². The summed E-state index contributed by atoms with van der Waals surface area (Å²) in [5, 5.41) is 8.25. The Morgan fingerprint density at radius 1 is 1.27 bits per heavy atom. The topological polar surface area (TPSA) is 102 Å². The van der Waals surface area contributed by atoms with Crippen molar-refractivity contribution in [1.29, 1.82) is 0 Å². The van der Waals surface area contributed by atoms with Gasteiger partial charge in [-0.15, -0.1) is 0 Å². The Morgan fingerprint density at radius 2 is 2.07 bits per heavy atom. The average Bonchev–Trinajstić information content (AvgIpc) is 3.17. The Hall–Kier alpha value is -3.30. The van der Waals surface area contributed by atoms with Crippen LogP contribution in [0.25, 0.3) is 16.7 Å². The molecule has 4 rings (SSSR count). The first kappa shape index (κ1) is 20.0. The third-order valence-electron chi connectivity index (χ3n) is 4.18. The summed E-state index contributed by atoms with van der Waals surface area (Å²) >= 11 is 7.18. The molecule has 0 aliphatic heterocycles. The number of nitrogens with one attached hydrogen (secondary N) is 2. The van der Waals surface area contributed by atoms with Crippen LogP contribution in [0.15, 0.2) is 64.7 Å². The Balaban J connectivity index is 1.52. The Morgan fingerprint density at radius 3 is 2.80 bits per heavy atom. The molecule has 4 aromatic rings. The van der Waals surface area contributed by atoms with Gasteiger partial charge < -0.3 is 15.0 Å². The number of benzene rings is 2. The number of hydrogen-bond donors (Lipinski definition) is 2. The molecule has 0 saturated carbocycles. The van der Waals surface area contributed by atoms with E-state index >= 15 is 0 Å². The number of ether oxygens (including phenoxy) is 1. The van der Waals surface area contributed by atoms with Crippen molar-refractivity contribution in [2.75, 3.05) is 18.2 Å². The zero-order chi connectivity index (χ0) is 21.1. The van der Waals surface area contributed by atoms with Crippen molar-refractivity contribution in [3.8, 4) is 11.4 Å². The molecule has 152 valence electrons. The normalized spacial score (nSPS) is 10.9. The number of anilines is 1. The lowest BCUT2D eigenvalue weighted by Crippen LogP contribution is -2.15. The zero-order valence-electron chi connectivity index (χ0n) is 15.8. The van der Waals surface area contributed by atoms with E-state index in [0.29, 0.717) is 38.3 Å². The minimum atomic E-state index is -0.327. The van der Waals surface area contributed by atoms with Crippen LogP contribution in [0.5, 0.6) is 5.75 Å². The number of H-pyrrole nitrogens is 1.